The normalized spacial score (nSPS) is 24.7. The molecule has 4 heterocycles. The molecule has 4 rings (SSSR count). The van der Waals surface area contributed by atoms with E-state index in [0.717, 1.165) is 53.3 Å². The van der Waals surface area contributed by atoms with Crippen LogP contribution in [0, 0.1) is 12.3 Å². The van der Waals surface area contributed by atoms with Crippen molar-refractivity contribution >= 4 is 33.4 Å². The van der Waals surface area contributed by atoms with E-state index in [1.807, 2.05) is 17.5 Å². The van der Waals surface area contributed by atoms with Crippen LogP contribution in [-0.4, -0.2) is 46.9 Å². The number of hydrogen-bond acceptors (Lipinski definition) is 6. The van der Waals surface area contributed by atoms with Gasteiger partial charge in [0.25, 0.3) is 0 Å². The minimum atomic E-state index is -0.558. The minimum Gasteiger partial charge on any atom is -0.467 e. The van der Waals surface area contributed by atoms with Crippen LogP contribution in [0.15, 0.2) is 10.7 Å². The molecule has 0 aliphatic carbocycles. The second-order valence-corrected chi connectivity index (χ2v) is 8.64. The van der Waals surface area contributed by atoms with Crippen molar-refractivity contribution in [2.24, 2.45) is 5.41 Å². The predicted octanol–water partition coefficient (Wildman–Crippen LogP) is 3.04. The fourth-order valence-corrected chi connectivity index (χ4v) is 4.04. The number of methoxy groups -OCH3 is 1. The van der Waals surface area contributed by atoms with Crippen molar-refractivity contribution in [1.82, 2.24) is 14.6 Å². The van der Waals surface area contributed by atoms with E-state index in [1.165, 1.54) is 7.11 Å². The highest BCUT2D eigenvalue weighted by molar-refractivity contribution is 9.10. The lowest BCUT2D eigenvalue weighted by atomic mass is 9.82. The first-order chi connectivity index (χ1) is 12.3. The highest BCUT2D eigenvalue weighted by Crippen LogP contribution is 2.46. The van der Waals surface area contributed by atoms with Crippen LogP contribution >= 0.6 is 15.9 Å². The topological polar surface area (TPSA) is 72.3 Å². The standard InChI is InChI=1S/C18H23BrN4O3/c1-10-13(14-15(26-14)17(24)25-4)16(22-7-5-18(2,3)6-8-22)23-12(20-10)9-11(19)21-23/h9,14-15H,5-8H2,1-4H3. The Morgan fingerprint density at radius 2 is 2.08 bits per heavy atom. The Bertz CT molecular complexity index is 869. The zero-order chi connectivity index (χ0) is 18.6. The maximum Gasteiger partial charge on any atom is 0.338 e. The van der Waals surface area contributed by atoms with Crippen molar-refractivity contribution in [3.63, 3.8) is 0 Å². The summed E-state index contributed by atoms with van der Waals surface area (Å²) in [6.45, 7) is 8.45. The Labute approximate surface area is 160 Å². The Hall–Kier alpha value is -1.67. The Morgan fingerprint density at radius 3 is 2.73 bits per heavy atom. The zero-order valence-corrected chi connectivity index (χ0v) is 17.0. The van der Waals surface area contributed by atoms with Gasteiger partial charge in [-0.3, -0.25) is 0 Å². The second kappa shape index (κ2) is 6.20. The number of epoxide rings is 1. The number of carbonyl (C=O) groups is 1. The van der Waals surface area contributed by atoms with Gasteiger partial charge in [-0.15, -0.1) is 0 Å². The van der Waals surface area contributed by atoms with Crippen LogP contribution in [0.1, 0.15) is 44.1 Å². The van der Waals surface area contributed by atoms with Gasteiger partial charge in [0.1, 0.15) is 16.5 Å². The molecule has 2 fully saturated rings. The number of piperidine rings is 1. The number of anilines is 1. The van der Waals surface area contributed by atoms with E-state index >= 15 is 0 Å². The average Bonchev–Trinajstić information content (AvgIpc) is 3.28. The van der Waals surface area contributed by atoms with Gasteiger partial charge in [0.15, 0.2) is 11.8 Å². The van der Waals surface area contributed by atoms with Gasteiger partial charge in [0, 0.05) is 30.4 Å². The summed E-state index contributed by atoms with van der Waals surface area (Å²) in [5.41, 5.74) is 2.92. The van der Waals surface area contributed by atoms with Crippen molar-refractivity contribution in [3.8, 4) is 0 Å². The van der Waals surface area contributed by atoms with E-state index in [-0.39, 0.29) is 12.1 Å². The van der Waals surface area contributed by atoms with Crippen LogP contribution in [0.4, 0.5) is 5.82 Å². The van der Waals surface area contributed by atoms with Crippen LogP contribution in [0.3, 0.4) is 0 Å². The Morgan fingerprint density at radius 1 is 1.38 bits per heavy atom. The van der Waals surface area contributed by atoms with Gasteiger partial charge < -0.3 is 14.4 Å². The van der Waals surface area contributed by atoms with Gasteiger partial charge in [-0.2, -0.15) is 9.61 Å². The maximum atomic E-state index is 11.9. The molecule has 0 amide bonds. The number of fused-ring (bicyclic) bond motifs is 1. The summed E-state index contributed by atoms with van der Waals surface area (Å²) < 4.78 is 13.1. The molecule has 0 aromatic carbocycles. The van der Waals surface area contributed by atoms with E-state index in [9.17, 15) is 4.79 Å². The lowest BCUT2D eigenvalue weighted by Crippen LogP contribution is -2.39. The minimum absolute atomic E-state index is 0.327. The number of rotatable bonds is 3. The van der Waals surface area contributed by atoms with Gasteiger partial charge in [-0.25, -0.2) is 9.78 Å². The molecule has 0 spiro atoms. The molecule has 7 nitrogen and oxygen atoms in total. The van der Waals surface area contributed by atoms with E-state index < -0.39 is 6.10 Å². The van der Waals surface area contributed by atoms with Crippen LogP contribution < -0.4 is 4.90 Å². The molecule has 140 valence electrons. The van der Waals surface area contributed by atoms with Crippen LogP contribution in [-0.2, 0) is 14.3 Å². The number of aryl methyl sites for hydroxylation is 1. The fraction of sp³-hybridized carbons (Fsp3) is 0.611. The molecular weight excluding hydrogens is 400 g/mol. The van der Waals surface area contributed by atoms with E-state index in [1.54, 1.807) is 0 Å². The smallest absolute Gasteiger partial charge is 0.338 e. The molecule has 0 N–H and O–H groups in total. The van der Waals surface area contributed by atoms with E-state index in [4.69, 9.17) is 9.47 Å². The summed E-state index contributed by atoms with van der Waals surface area (Å²) in [6, 6.07) is 1.90. The molecule has 2 aliphatic rings. The fourth-order valence-electron chi connectivity index (χ4n) is 3.68. The third-order valence-electron chi connectivity index (χ3n) is 5.40. The van der Waals surface area contributed by atoms with Gasteiger partial charge >= 0.3 is 5.97 Å². The largest absolute Gasteiger partial charge is 0.467 e. The summed E-state index contributed by atoms with van der Waals surface area (Å²) in [4.78, 5) is 18.9. The van der Waals surface area contributed by atoms with E-state index in [0.29, 0.717) is 5.41 Å². The third kappa shape index (κ3) is 2.99. The first-order valence-electron chi connectivity index (χ1n) is 8.85. The molecule has 2 aromatic rings. The summed E-state index contributed by atoms with van der Waals surface area (Å²) in [5.74, 6) is 0.631. The summed E-state index contributed by atoms with van der Waals surface area (Å²) in [5, 5.41) is 4.58. The number of ether oxygens (including phenoxy) is 2. The molecule has 0 radical (unpaired) electrons. The van der Waals surface area contributed by atoms with Gasteiger partial charge in [-0.1, -0.05) is 13.8 Å². The number of aromatic nitrogens is 3. The number of carbonyl (C=O) groups excluding carboxylic acids is 1. The molecule has 2 unspecified atom stereocenters. The number of esters is 1. The van der Waals surface area contributed by atoms with Crippen molar-refractivity contribution in [2.45, 2.75) is 45.8 Å². The number of nitrogens with zero attached hydrogens (tertiary/aromatic N) is 4. The molecular formula is C18H23BrN4O3. The first-order valence-corrected chi connectivity index (χ1v) is 9.64. The van der Waals surface area contributed by atoms with Crippen molar-refractivity contribution in [3.05, 3.63) is 21.9 Å². The van der Waals surface area contributed by atoms with Crippen LogP contribution in [0.25, 0.3) is 5.65 Å². The molecule has 26 heavy (non-hydrogen) atoms. The molecule has 0 bridgehead atoms. The molecule has 2 aliphatic heterocycles. The Balaban J connectivity index is 1.80. The highest BCUT2D eigenvalue weighted by Gasteiger charge is 2.50. The third-order valence-corrected chi connectivity index (χ3v) is 5.79. The maximum absolute atomic E-state index is 11.9. The van der Waals surface area contributed by atoms with Crippen molar-refractivity contribution in [2.75, 3.05) is 25.1 Å². The monoisotopic (exact) mass is 422 g/mol. The van der Waals surface area contributed by atoms with Gasteiger partial charge in [-0.05, 0) is 41.1 Å². The summed E-state index contributed by atoms with van der Waals surface area (Å²) in [6.07, 6.45) is 1.32. The summed E-state index contributed by atoms with van der Waals surface area (Å²) in [7, 11) is 1.38. The SMILES string of the molecule is COC(=O)C1OC1c1c(C)nc2cc(Br)nn2c1N1CCC(C)(C)CC1. The molecule has 2 saturated heterocycles. The first kappa shape index (κ1) is 17.7. The zero-order valence-electron chi connectivity index (χ0n) is 15.5. The predicted molar refractivity (Wildman–Crippen MR) is 100 cm³/mol. The summed E-state index contributed by atoms with van der Waals surface area (Å²) >= 11 is 3.45. The van der Waals surface area contributed by atoms with Crippen LogP contribution in [0.5, 0.6) is 0 Å². The molecule has 2 atom stereocenters. The second-order valence-electron chi connectivity index (χ2n) is 7.82. The molecule has 8 heteroatoms. The highest BCUT2D eigenvalue weighted by atomic mass is 79.9. The Kier molecular flexibility index (Phi) is 4.23. The average molecular weight is 423 g/mol. The van der Waals surface area contributed by atoms with Crippen molar-refractivity contribution < 1.29 is 14.3 Å². The van der Waals surface area contributed by atoms with Crippen LogP contribution in [0.2, 0.25) is 0 Å². The molecule has 0 saturated carbocycles. The van der Waals surface area contributed by atoms with E-state index in [2.05, 4.69) is 44.8 Å². The lowest BCUT2D eigenvalue weighted by molar-refractivity contribution is -0.142. The molecule has 2 aromatic heterocycles. The quantitative estimate of drug-likeness (QED) is 0.558. The van der Waals surface area contributed by atoms with Gasteiger partial charge in [0.05, 0.1) is 7.11 Å². The van der Waals surface area contributed by atoms with Crippen molar-refractivity contribution in [1.29, 1.82) is 0 Å². The van der Waals surface area contributed by atoms with Gasteiger partial charge in [0.2, 0.25) is 0 Å². The number of halogens is 1. The lowest BCUT2D eigenvalue weighted by Gasteiger charge is -2.38. The number of hydrogen-bond donors (Lipinski definition) is 0.